The maximum atomic E-state index is 5.78. The fourth-order valence-corrected chi connectivity index (χ4v) is 3.84. The number of hydrogen-bond acceptors (Lipinski definition) is 4. The number of fused-ring (bicyclic) bond motifs is 3. The number of nitrogens with one attached hydrogen (secondary N) is 1. The summed E-state index contributed by atoms with van der Waals surface area (Å²) in [5.74, 6) is 0. The lowest BCUT2D eigenvalue weighted by Crippen LogP contribution is -2.52. The van der Waals surface area contributed by atoms with Gasteiger partial charge in [-0.15, -0.1) is 0 Å². The molecule has 106 valence electrons. The van der Waals surface area contributed by atoms with E-state index in [1.807, 2.05) is 24.3 Å². The van der Waals surface area contributed by atoms with E-state index in [4.69, 9.17) is 4.42 Å². The summed E-state index contributed by atoms with van der Waals surface area (Å²) in [6.07, 6.45) is 6.45. The molecule has 0 saturated carbocycles. The summed E-state index contributed by atoms with van der Waals surface area (Å²) < 4.78 is 5.78. The Balaban J connectivity index is 1.51. The highest BCUT2D eigenvalue weighted by Gasteiger charge is 2.36. The SMILES string of the molecule is CN1C2CCCC1CC(Nc1nc3ccccc3o1)C2. The number of nitrogens with zero attached hydrogens (tertiary/aromatic N) is 2. The number of aromatic nitrogens is 1. The zero-order chi connectivity index (χ0) is 13.5. The van der Waals surface area contributed by atoms with E-state index < -0.39 is 0 Å². The molecule has 2 bridgehead atoms. The van der Waals surface area contributed by atoms with E-state index in [2.05, 4.69) is 22.2 Å². The number of para-hydroxylation sites is 2. The Kier molecular flexibility index (Phi) is 2.91. The molecular weight excluding hydrogens is 250 g/mol. The van der Waals surface area contributed by atoms with Crippen molar-refractivity contribution in [2.24, 2.45) is 0 Å². The topological polar surface area (TPSA) is 41.3 Å². The van der Waals surface area contributed by atoms with Crippen LogP contribution in [-0.2, 0) is 0 Å². The van der Waals surface area contributed by atoms with Gasteiger partial charge < -0.3 is 14.6 Å². The van der Waals surface area contributed by atoms with E-state index >= 15 is 0 Å². The summed E-state index contributed by atoms with van der Waals surface area (Å²) in [6.45, 7) is 0. The van der Waals surface area contributed by atoms with Crippen LogP contribution in [0.3, 0.4) is 0 Å². The molecule has 1 N–H and O–H groups in total. The Bertz CT molecular complexity index is 562. The summed E-state index contributed by atoms with van der Waals surface area (Å²) in [5.41, 5.74) is 1.80. The van der Waals surface area contributed by atoms with Crippen LogP contribution in [0.2, 0.25) is 0 Å². The van der Waals surface area contributed by atoms with Crippen molar-refractivity contribution in [3.63, 3.8) is 0 Å². The van der Waals surface area contributed by atoms with Crippen LogP contribution in [0.15, 0.2) is 28.7 Å². The largest absolute Gasteiger partial charge is 0.424 e. The van der Waals surface area contributed by atoms with Crippen LogP contribution >= 0.6 is 0 Å². The molecule has 0 aliphatic carbocycles. The van der Waals surface area contributed by atoms with Gasteiger partial charge in [0.2, 0.25) is 0 Å². The smallest absolute Gasteiger partial charge is 0.295 e. The van der Waals surface area contributed by atoms with Crippen LogP contribution in [0.25, 0.3) is 11.1 Å². The maximum absolute atomic E-state index is 5.78. The van der Waals surface area contributed by atoms with E-state index in [9.17, 15) is 0 Å². The first-order chi connectivity index (χ1) is 9.79. The highest BCUT2D eigenvalue weighted by molar-refractivity contribution is 5.74. The predicted octanol–water partition coefficient (Wildman–Crippen LogP) is 3.26. The van der Waals surface area contributed by atoms with Crippen molar-refractivity contribution >= 4 is 17.1 Å². The van der Waals surface area contributed by atoms with E-state index in [1.165, 1.54) is 32.1 Å². The molecule has 0 amide bonds. The molecule has 2 atom stereocenters. The van der Waals surface area contributed by atoms with E-state index in [0.29, 0.717) is 12.1 Å². The lowest BCUT2D eigenvalue weighted by atomic mass is 9.82. The van der Waals surface area contributed by atoms with Crippen LogP contribution in [-0.4, -0.2) is 35.1 Å². The van der Waals surface area contributed by atoms with Gasteiger partial charge in [-0.05, 0) is 44.9 Å². The Morgan fingerprint density at radius 2 is 1.95 bits per heavy atom. The van der Waals surface area contributed by atoms with Gasteiger partial charge in [0.15, 0.2) is 5.58 Å². The quantitative estimate of drug-likeness (QED) is 0.910. The lowest BCUT2D eigenvalue weighted by Gasteiger charge is -2.47. The van der Waals surface area contributed by atoms with Crippen LogP contribution in [0.4, 0.5) is 6.01 Å². The second-order valence-corrected chi connectivity index (χ2v) is 6.20. The normalized spacial score (nSPS) is 30.6. The highest BCUT2D eigenvalue weighted by Crippen LogP contribution is 2.34. The summed E-state index contributed by atoms with van der Waals surface area (Å²) in [5, 5.41) is 3.51. The summed E-state index contributed by atoms with van der Waals surface area (Å²) in [6, 6.07) is 10.6. The van der Waals surface area contributed by atoms with Crippen LogP contribution in [0, 0.1) is 0 Å². The zero-order valence-electron chi connectivity index (χ0n) is 11.9. The van der Waals surface area contributed by atoms with Crippen molar-refractivity contribution < 1.29 is 4.42 Å². The fraction of sp³-hybridized carbons (Fsp3) is 0.562. The molecule has 4 heteroatoms. The molecule has 2 fully saturated rings. The molecule has 20 heavy (non-hydrogen) atoms. The monoisotopic (exact) mass is 271 g/mol. The molecule has 0 radical (unpaired) electrons. The number of piperidine rings is 2. The van der Waals surface area contributed by atoms with Crippen molar-refractivity contribution in [2.75, 3.05) is 12.4 Å². The second kappa shape index (κ2) is 4.77. The van der Waals surface area contributed by atoms with Crippen molar-refractivity contribution in [3.05, 3.63) is 24.3 Å². The number of hydrogen-bond donors (Lipinski definition) is 1. The van der Waals surface area contributed by atoms with Crippen LogP contribution in [0.5, 0.6) is 0 Å². The average molecular weight is 271 g/mol. The minimum Gasteiger partial charge on any atom is -0.424 e. The first-order valence-electron chi connectivity index (χ1n) is 7.63. The molecule has 4 rings (SSSR count). The van der Waals surface area contributed by atoms with Crippen molar-refractivity contribution in [2.45, 2.75) is 50.2 Å². The second-order valence-electron chi connectivity index (χ2n) is 6.20. The van der Waals surface area contributed by atoms with Gasteiger partial charge in [-0.2, -0.15) is 4.98 Å². The van der Waals surface area contributed by atoms with Crippen LogP contribution < -0.4 is 5.32 Å². The number of anilines is 1. The third-order valence-corrected chi connectivity index (χ3v) is 4.96. The first-order valence-corrected chi connectivity index (χ1v) is 7.63. The van der Waals surface area contributed by atoms with Crippen molar-refractivity contribution in [3.8, 4) is 0 Å². The van der Waals surface area contributed by atoms with Gasteiger partial charge in [0.25, 0.3) is 6.01 Å². The Labute approximate surface area is 119 Å². The maximum Gasteiger partial charge on any atom is 0.295 e. The van der Waals surface area contributed by atoms with Crippen molar-refractivity contribution in [1.82, 2.24) is 9.88 Å². The van der Waals surface area contributed by atoms with Gasteiger partial charge in [0, 0.05) is 18.1 Å². The lowest BCUT2D eigenvalue weighted by molar-refractivity contribution is 0.0604. The van der Waals surface area contributed by atoms with Gasteiger partial charge in [0.05, 0.1) is 0 Å². The van der Waals surface area contributed by atoms with Crippen LogP contribution in [0.1, 0.15) is 32.1 Å². The van der Waals surface area contributed by atoms with Gasteiger partial charge >= 0.3 is 0 Å². The Morgan fingerprint density at radius 3 is 2.70 bits per heavy atom. The number of rotatable bonds is 2. The van der Waals surface area contributed by atoms with E-state index in [1.54, 1.807) is 0 Å². The molecule has 2 aliphatic heterocycles. The Morgan fingerprint density at radius 1 is 1.20 bits per heavy atom. The fourth-order valence-electron chi connectivity index (χ4n) is 3.84. The first kappa shape index (κ1) is 12.2. The molecule has 2 aliphatic rings. The molecule has 2 unspecified atom stereocenters. The summed E-state index contributed by atoms with van der Waals surface area (Å²) in [7, 11) is 2.28. The standard InChI is InChI=1S/C16H21N3O/c1-19-12-5-4-6-13(19)10-11(9-12)17-16-18-14-7-2-3-8-15(14)20-16/h2-3,7-8,11-13H,4-6,9-10H2,1H3,(H,17,18). The Hall–Kier alpha value is -1.55. The third-order valence-electron chi connectivity index (χ3n) is 4.96. The predicted molar refractivity (Wildman–Crippen MR) is 79.8 cm³/mol. The minimum absolute atomic E-state index is 0.495. The third kappa shape index (κ3) is 2.08. The molecule has 3 heterocycles. The summed E-state index contributed by atoms with van der Waals surface area (Å²) >= 11 is 0. The van der Waals surface area contributed by atoms with E-state index in [-0.39, 0.29) is 0 Å². The number of benzene rings is 1. The van der Waals surface area contributed by atoms with E-state index in [0.717, 1.165) is 23.2 Å². The van der Waals surface area contributed by atoms with Gasteiger partial charge in [0.1, 0.15) is 5.52 Å². The molecule has 2 aromatic rings. The molecule has 1 aromatic heterocycles. The number of oxazole rings is 1. The highest BCUT2D eigenvalue weighted by atomic mass is 16.4. The molecule has 2 saturated heterocycles. The zero-order valence-corrected chi connectivity index (χ0v) is 11.9. The van der Waals surface area contributed by atoms with Crippen molar-refractivity contribution in [1.29, 1.82) is 0 Å². The molecule has 0 spiro atoms. The minimum atomic E-state index is 0.495. The molecule has 1 aromatic carbocycles. The van der Waals surface area contributed by atoms with Gasteiger partial charge in [-0.1, -0.05) is 18.6 Å². The van der Waals surface area contributed by atoms with Gasteiger partial charge in [-0.3, -0.25) is 0 Å². The molecular formula is C16H21N3O. The molecule has 4 nitrogen and oxygen atoms in total. The summed E-state index contributed by atoms with van der Waals surface area (Å²) in [4.78, 5) is 7.11. The van der Waals surface area contributed by atoms with Gasteiger partial charge in [-0.25, -0.2) is 0 Å². The average Bonchev–Trinajstić information content (AvgIpc) is 2.82.